The third-order valence-electron chi connectivity index (χ3n) is 5.90. The largest absolute Gasteiger partial charge is 0.325 e. The molecule has 8 nitrogen and oxygen atoms in total. The van der Waals surface area contributed by atoms with Crippen molar-refractivity contribution in [2.24, 2.45) is 0 Å². The number of urea groups is 1. The highest BCUT2D eigenvalue weighted by Crippen LogP contribution is 2.36. The molecule has 0 atom stereocenters. The first-order chi connectivity index (χ1) is 14.7. The summed E-state index contributed by atoms with van der Waals surface area (Å²) in [6.45, 7) is 1.49. The van der Waals surface area contributed by atoms with Gasteiger partial charge in [-0.05, 0) is 18.4 Å². The quantitative estimate of drug-likeness (QED) is 0.674. The highest BCUT2D eigenvalue weighted by molar-refractivity contribution is 6.07. The standard InChI is InChI=1S/C22H21N5O3/c28-19-22(27(20(29)24-19)15-16-7-3-1-4-8-16)11-13-26(14-12-22)21-23-18(25-30-21)17-9-5-2-6-10-17/h1-10H,11-15H2,(H,24,28,29). The molecule has 30 heavy (non-hydrogen) atoms. The van der Waals surface area contributed by atoms with Crippen LogP contribution in [-0.2, 0) is 11.3 Å². The summed E-state index contributed by atoms with van der Waals surface area (Å²) in [6.07, 6.45) is 1.00. The zero-order chi connectivity index (χ0) is 20.6. The van der Waals surface area contributed by atoms with Crippen LogP contribution in [0.1, 0.15) is 18.4 Å². The second-order valence-corrected chi connectivity index (χ2v) is 7.62. The van der Waals surface area contributed by atoms with Crippen molar-refractivity contribution in [3.63, 3.8) is 0 Å². The first-order valence-electron chi connectivity index (χ1n) is 9.97. The maximum absolute atomic E-state index is 12.8. The topological polar surface area (TPSA) is 91.6 Å². The van der Waals surface area contributed by atoms with Gasteiger partial charge in [0.15, 0.2) is 0 Å². The average molecular weight is 403 g/mol. The van der Waals surface area contributed by atoms with Gasteiger partial charge < -0.3 is 14.3 Å². The van der Waals surface area contributed by atoms with Crippen LogP contribution in [0.5, 0.6) is 0 Å². The van der Waals surface area contributed by atoms with Crippen molar-refractivity contribution in [3.8, 4) is 11.4 Å². The molecule has 1 spiro atoms. The van der Waals surface area contributed by atoms with Gasteiger partial charge in [0.1, 0.15) is 5.54 Å². The number of amides is 3. The van der Waals surface area contributed by atoms with E-state index in [0.717, 1.165) is 11.1 Å². The molecule has 8 heteroatoms. The van der Waals surface area contributed by atoms with Gasteiger partial charge in [-0.3, -0.25) is 10.1 Å². The number of hydrogen-bond acceptors (Lipinski definition) is 6. The smallest absolute Gasteiger partial charge is 0.324 e. The van der Waals surface area contributed by atoms with E-state index in [2.05, 4.69) is 15.5 Å². The second kappa shape index (κ2) is 7.29. The SMILES string of the molecule is O=C1NC(=O)C2(CCN(c3nc(-c4ccccc4)no3)CC2)N1Cc1ccccc1. The van der Waals surface area contributed by atoms with E-state index in [1.54, 1.807) is 4.90 Å². The molecule has 2 aliphatic heterocycles. The Labute approximate surface area is 173 Å². The molecule has 3 heterocycles. The zero-order valence-corrected chi connectivity index (χ0v) is 16.3. The molecule has 0 bridgehead atoms. The number of carbonyl (C=O) groups excluding carboxylic acids is 2. The lowest BCUT2D eigenvalue weighted by Gasteiger charge is -2.41. The number of aromatic nitrogens is 2. The first kappa shape index (κ1) is 18.4. The van der Waals surface area contributed by atoms with Crippen LogP contribution in [0.25, 0.3) is 11.4 Å². The van der Waals surface area contributed by atoms with Crippen LogP contribution in [0.3, 0.4) is 0 Å². The average Bonchev–Trinajstić information content (AvgIpc) is 3.36. The fourth-order valence-corrected chi connectivity index (χ4v) is 4.20. The predicted octanol–water partition coefficient (Wildman–Crippen LogP) is 2.83. The van der Waals surface area contributed by atoms with Crippen molar-refractivity contribution < 1.29 is 14.1 Å². The van der Waals surface area contributed by atoms with Crippen molar-refractivity contribution >= 4 is 18.0 Å². The Bertz CT molecular complexity index is 1060. The maximum atomic E-state index is 12.8. The monoisotopic (exact) mass is 403 g/mol. The molecule has 0 radical (unpaired) electrons. The number of rotatable bonds is 4. The molecule has 0 unspecified atom stereocenters. The molecule has 2 fully saturated rings. The van der Waals surface area contributed by atoms with Crippen LogP contribution in [0.15, 0.2) is 65.2 Å². The lowest BCUT2D eigenvalue weighted by Crippen LogP contribution is -2.56. The number of carbonyl (C=O) groups is 2. The molecule has 5 rings (SSSR count). The Morgan fingerprint density at radius 1 is 0.967 bits per heavy atom. The Hall–Kier alpha value is -3.68. The number of nitrogens with one attached hydrogen (secondary N) is 1. The summed E-state index contributed by atoms with van der Waals surface area (Å²) in [4.78, 5) is 33.4. The van der Waals surface area contributed by atoms with E-state index in [1.165, 1.54) is 0 Å². The molecule has 1 N–H and O–H groups in total. The minimum atomic E-state index is -0.842. The van der Waals surface area contributed by atoms with Crippen LogP contribution in [0, 0.1) is 0 Å². The van der Waals surface area contributed by atoms with E-state index in [1.807, 2.05) is 65.6 Å². The van der Waals surface area contributed by atoms with Crippen molar-refractivity contribution in [2.45, 2.75) is 24.9 Å². The summed E-state index contributed by atoms with van der Waals surface area (Å²) in [7, 11) is 0. The van der Waals surface area contributed by atoms with Gasteiger partial charge in [-0.2, -0.15) is 4.98 Å². The minimum absolute atomic E-state index is 0.224. The summed E-state index contributed by atoms with van der Waals surface area (Å²) in [5.74, 6) is 0.309. The maximum Gasteiger partial charge on any atom is 0.325 e. The van der Waals surface area contributed by atoms with Crippen LogP contribution >= 0.6 is 0 Å². The normalized spacial score (nSPS) is 18.1. The number of imide groups is 1. The molecular weight excluding hydrogens is 382 g/mol. The third kappa shape index (κ3) is 3.10. The van der Waals surface area contributed by atoms with Gasteiger partial charge in [0.2, 0.25) is 5.82 Å². The third-order valence-corrected chi connectivity index (χ3v) is 5.90. The fraction of sp³-hybridized carbons (Fsp3) is 0.273. The van der Waals surface area contributed by atoms with Gasteiger partial charge in [0.25, 0.3) is 5.91 Å². The second-order valence-electron chi connectivity index (χ2n) is 7.62. The predicted molar refractivity (Wildman–Crippen MR) is 109 cm³/mol. The number of piperidine rings is 1. The summed E-state index contributed by atoms with van der Waals surface area (Å²) in [5, 5.41) is 6.58. The van der Waals surface area contributed by atoms with Crippen LogP contribution in [0.4, 0.5) is 10.8 Å². The van der Waals surface area contributed by atoms with Gasteiger partial charge >= 0.3 is 12.0 Å². The molecule has 2 aliphatic rings. The van der Waals surface area contributed by atoms with E-state index in [4.69, 9.17) is 4.52 Å². The van der Waals surface area contributed by atoms with E-state index in [-0.39, 0.29) is 11.9 Å². The molecule has 1 aromatic heterocycles. The molecule has 0 aliphatic carbocycles. The summed E-state index contributed by atoms with van der Waals surface area (Å²) >= 11 is 0. The molecule has 2 saturated heterocycles. The molecule has 3 aromatic rings. The lowest BCUT2D eigenvalue weighted by atomic mass is 9.86. The first-order valence-corrected chi connectivity index (χ1v) is 9.97. The molecule has 0 saturated carbocycles. The Morgan fingerprint density at radius 3 is 2.33 bits per heavy atom. The minimum Gasteiger partial charge on any atom is -0.324 e. The number of nitrogens with zero attached hydrogens (tertiary/aromatic N) is 4. The van der Waals surface area contributed by atoms with E-state index in [9.17, 15) is 9.59 Å². The zero-order valence-electron chi connectivity index (χ0n) is 16.3. The number of hydrogen-bond donors (Lipinski definition) is 1. The van der Waals surface area contributed by atoms with E-state index in [0.29, 0.717) is 44.3 Å². The number of anilines is 1. The van der Waals surface area contributed by atoms with Crippen molar-refractivity contribution in [1.82, 2.24) is 20.4 Å². The van der Waals surface area contributed by atoms with Gasteiger partial charge in [-0.1, -0.05) is 65.8 Å². The van der Waals surface area contributed by atoms with Gasteiger partial charge in [-0.25, -0.2) is 4.79 Å². The molecular formula is C22H21N5O3. The van der Waals surface area contributed by atoms with Crippen molar-refractivity contribution in [3.05, 3.63) is 66.2 Å². The van der Waals surface area contributed by atoms with Gasteiger partial charge in [0.05, 0.1) is 0 Å². The summed E-state index contributed by atoms with van der Waals surface area (Å²) in [5.41, 5.74) is 1.04. The van der Waals surface area contributed by atoms with Crippen LogP contribution in [0.2, 0.25) is 0 Å². The van der Waals surface area contributed by atoms with Gasteiger partial charge in [-0.15, -0.1) is 0 Å². The fourth-order valence-electron chi connectivity index (χ4n) is 4.20. The molecule has 2 aromatic carbocycles. The van der Waals surface area contributed by atoms with Crippen molar-refractivity contribution in [2.75, 3.05) is 18.0 Å². The van der Waals surface area contributed by atoms with Crippen molar-refractivity contribution in [1.29, 1.82) is 0 Å². The van der Waals surface area contributed by atoms with E-state index >= 15 is 0 Å². The molecule has 3 amide bonds. The summed E-state index contributed by atoms with van der Waals surface area (Å²) in [6, 6.07) is 19.5. The van der Waals surface area contributed by atoms with E-state index < -0.39 is 5.54 Å². The van der Waals surface area contributed by atoms with Crippen LogP contribution < -0.4 is 10.2 Å². The van der Waals surface area contributed by atoms with Crippen LogP contribution in [-0.4, -0.2) is 45.6 Å². The molecule has 152 valence electrons. The number of benzene rings is 2. The highest BCUT2D eigenvalue weighted by atomic mass is 16.5. The Kier molecular flexibility index (Phi) is 4.46. The Balaban J connectivity index is 1.33. The summed E-state index contributed by atoms with van der Waals surface area (Å²) < 4.78 is 5.46. The highest BCUT2D eigenvalue weighted by Gasteiger charge is 2.54. The van der Waals surface area contributed by atoms with Gasteiger partial charge in [0, 0.05) is 25.2 Å². The lowest BCUT2D eigenvalue weighted by molar-refractivity contribution is -0.127. The Morgan fingerprint density at radius 2 is 1.63 bits per heavy atom.